The van der Waals surface area contributed by atoms with Crippen molar-refractivity contribution in [2.45, 2.75) is 78.7 Å². The fourth-order valence-electron chi connectivity index (χ4n) is 8.09. The molecule has 0 radical (unpaired) electrons. The van der Waals surface area contributed by atoms with Gasteiger partial charge >= 0.3 is 5.97 Å². The zero-order chi connectivity index (χ0) is 22.7. The molecule has 32 heavy (non-hydrogen) atoms. The maximum absolute atomic E-state index is 13.0. The molecule has 1 heterocycles. The Labute approximate surface area is 192 Å². The van der Waals surface area contributed by atoms with Crippen LogP contribution in [0.15, 0.2) is 30.4 Å². The molecular weight excluding hydrogens is 398 g/mol. The average Bonchev–Trinajstić information content (AvgIpc) is 3.07. The Hall–Kier alpha value is -2.10. The van der Waals surface area contributed by atoms with Gasteiger partial charge in [-0.25, -0.2) is 0 Å². The molecule has 1 aromatic carbocycles. The predicted molar refractivity (Wildman–Crippen MR) is 125 cm³/mol. The lowest BCUT2D eigenvalue weighted by Gasteiger charge is -2.58. The van der Waals surface area contributed by atoms with Crippen molar-refractivity contribution in [2.24, 2.45) is 34.5 Å². The first-order valence-electron chi connectivity index (χ1n) is 12.5. The third-order valence-electron chi connectivity index (χ3n) is 9.92. The minimum absolute atomic E-state index is 0.0647. The molecule has 1 unspecified atom stereocenters. The number of esters is 1. The standard InChI is InChI=1S/C28H37NO3/c1-17-6-5-7-18(2)26(17)32-25(31)16-19-8-10-21-20-9-11-23-28(4,15-13-24(30)29-23)22(20)12-14-27(19,21)3/h5-7,13,15,19-23H,8-12,14,16H2,1-4H3,(H,29,30)/t19-,20+,21+,22+,23?,27-,28-/m1/s1. The zero-order valence-corrected chi connectivity index (χ0v) is 19.9. The first-order chi connectivity index (χ1) is 15.2. The molecule has 0 bridgehead atoms. The average molecular weight is 436 g/mol. The van der Waals surface area contributed by atoms with Crippen LogP contribution in [0, 0.1) is 48.3 Å². The molecule has 4 nitrogen and oxygen atoms in total. The summed E-state index contributed by atoms with van der Waals surface area (Å²) in [5.41, 5.74) is 2.32. The van der Waals surface area contributed by atoms with Crippen LogP contribution in [0.2, 0.25) is 0 Å². The van der Waals surface area contributed by atoms with Gasteiger partial charge in [0.1, 0.15) is 5.75 Å². The molecule has 1 aromatic rings. The van der Waals surface area contributed by atoms with Crippen molar-refractivity contribution in [3.05, 3.63) is 41.5 Å². The molecule has 4 aliphatic rings. The third kappa shape index (κ3) is 3.33. The Balaban J connectivity index is 1.31. The summed E-state index contributed by atoms with van der Waals surface area (Å²) < 4.78 is 5.88. The van der Waals surface area contributed by atoms with Crippen molar-refractivity contribution >= 4 is 11.9 Å². The number of para-hydroxylation sites is 1. The van der Waals surface area contributed by atoms with E-state index in [4.69, 9.17) is 4.74 Å². The number of benzene rings is 1. The van der Waals surface area contributed by atoms with Gasteiger partial charge < -0.3 is 10.1 Å². The zero-order valence-electron chi connectivity index (χ0n) is 19.9. The molecule has 3 aliphatic carbocycles. The van der Waals surface area contributed by atoms with E-state index in [1.807, 2.05) is 32.0 Å². The third-order valence-corrected chi connectivity index (χ3v) is 9.92. The first kappa shape index (κ1) is 21.7. The second kappa shape index (κ2) is 7.74. The number of hydrogen-bond donors (Lipinski definition) is 1. The number of ether oxygens (including phenoxy) is 1. The van der Waals surface area contributed by atoms with Crippen molar-refractivity contribution in [2.75, 3.05) is 0 Å². The largest absolute Gasteiger partial charge is 0.426 e. The Morgan fingerprint density at radius 1 is 1.06 bits per heavy atom. The van der Waals surface area contributed by atoms with Gasteiger partial charge in [0, 0.05) is 17.9 Å². The predicted octanol–water partition coefficient (Wildman–Crippen LogP) is 5.51. The second-order valence-electron chi connectivity index (χ2n) is 11.4. The number of rotatable bonds is 3. The fourth-order valence-corrected chi connectivity index (χ4v) is 8.09. The summed E-state index contributed by atoms with van der Waals surface area (Å²) in [6, 6.07) is 6.28. The Kier molecular flexibility index (Phi) is 5.26. The van der Waals surface area contributed by atoms with E-state index in [9.17, 15) is 9.59 Å². The van der Waals surface area contributed by atoms with Gasteiger partial charge in [-0.1, -0.05) is 38.1 Å². The topological polar surface area (TPSA) is 55.4 Å². The van der Waals surface area contributed by atoms with Crippen LogP contribution in [-0.2, 0) is 9.59 Å². The highest BCUT2D eigenvalue weighted by molar-refractivity contribution is 5.89. The number of nitrogens with one attached hydrogen (secondary N) is 1. The van der Waals surface area contributed by atoms with Gasteiger partial charge in [-0.05, 0) is 98.7 Å². The summed E-state index contributed by atoms with van der Waals surface area (Å²) >= 11 is 0. The van der Waals surface area contributed by atoms with Crippen LogP contribution >= 0.6 is 0 Å². The Bertz CT molecular complexity index is 947. The van der Waals surface area contributed by atoms with E-state index in [2.05, 4.69) is 25.2 Å². The number of carbonyl (C=O) groups excluding carboxylic acids is 2. The summed E-state index contributed by atoms with van der Waals surface area (Å²) in [5.74, 6) is 3.10. The molecule has 172 valence electrons. The summed E-state index contributed by atoms with van der Waals surface area (Å²) in [5, 5.41) is 3.24. The maximum atomic E-state index is 13.0. The molecule has 0 aromatic heterocycles. The molecular formula is C28H37NO3. The van der Waals surface area contributed by atoms with Crippen LogP contribution in [-0.4, -0.2) is 17.9 Å². The van der Waals surface area contributed by atoms with Crippen LogP contribution in [0.5, 0.6) is 5.75 Å². The summed E-state index contributed by atoms with van der Waals surface area (Å²) in [7, 11) is 0. The normalized spacial score (nSPS) is 40.1. The van der Waals surface area contributed by atoms with Gasteiger partial charge in [-0.15, -0.1) is 0 Å². The molecule has 3 fully saturated rings. The lowest BCUT2D eigenvalue weighted by molar-refractivity contribution is -0.137. The molecule has 7 atom stereocenters. The van der Waals surface area contributed by atoms with Gasteiger partial charge in [0.25, 0.3) is 0 Å². The highest BCUT2D eigenvalue weighted by Crippen LogP contribution is 2.65. The Morgan fingerprint density at radius 3 is 2.56 bits per heavy atom. The minimum Gasteiger partial charge on any atom is -0.426 e. The highest BCUT2D eigenvalue weighted by atomic mass is 16.5. The van der Waals surface area contributed by atoms with Gasteiger partial charge in [0.05, 0.1) is 0 Å². The second-order valence-corrected chi connectivity index (χ2v) is 11.4. The van der Waals surface area contributed by atoms with Gasteiger partial charge in [-0.2, -0.15) is 0 Å². The van der Waals surface area contributed by atoms with E-state index in [-0.39, 0.29) is 28.7 Å². The monoisotopic (exact) mass is 435 g/mol. The minimum atomic E-state index is -0.0787. The molecule has 3 saturated carbocycles. The highest BCUT2D eigenvalue weighted by Gasteiger charge is 2.59. The van der Waals surface area contributed by atoms with Crippen LogP contribution in [0.3, 0.4) is 0 Å². The van der Waals surface area contributed by atoms with Crippen LogP contribution in [0.4, 0.5) is 0 Å². The molecule has 0 saturated heterocycles. The van der Waals surface area contributed by atoms with Crippen molar-refractivity contribution in [1.82, 2.24) is 5.32 Å². The SMILES string of the molecule is Cc1cccc(C)c1OC(=O)C[C@H]1CC[C@H]2[C@@H]3CCC4NC(=O)C=C[C@]4(C)[C@H]3CC[C@]12C. The van der Waals surface area contributed by atoms with Crippen molar-refractivity contribution in [3.8, 4) is 5.75 Å². The molecule has 0 spiro atoms. The number of amides is 1. The van der Waals surface area contributed by atoms with Crippen LogP contribution in [0.25, 0.3) is 0 Å². The lowest BCUT2D eigenvalue weighted by atomic mass is 9.48. The van der Waals surface area contributed by atoms with Crippen molar-refractivity contribution in [1.29, 1.82) is 0 Å². The van der Waals surface area contributed by atoms with E-state index in [0.29, 0.717) is 30.1 Å². The molecule has 4 heteroatoms. The van der Waals surface area contributed by atoms with Crippen LogP contribution < -0.4 is 10.1 Å². The molecule has 1 aliphatic heterocycles. The van der Waals surface area contributed by atoms with E-state index in [0.717, 1.165) is 29.7 Å². The van der Waals surface area contributed by atoms with Crippen molar-refractivity contribution < 1.29 is 14.3 Å². The summed E-state index contributed by atoms with van der Waals surface area (Å²) in [6.45, 7) is 8.82. The molecule has 1 amide bonds. The van der Waals surface area contributed by atoms with E-state index in [1.165, 1.54) is 25.7 Å². The lowest BCUT2D eigenvalue weighted by Crippen LogP contribution is -2.59. The summed E-state index contributed by atoms with van der Waals surface area (Å²) in [4.78, 5) is 24.9. The smallest absolute Gasteiger partial charge is 0.311 e. The quantitative estimate of drug-likeness (QED) is 0.503. The molecule has 5 rings (SSSR count). The summed E-state index contributed by atoms with van der Waals surface area (Å²) in [6.07, 6.45) is 11.5. The maximum Gasteiger partial charge on any atom is 0.311 e. The van der Waals surface area contributed by atoms with Crippen molar-refractivity contribution in [3.63, 3.8) is 0 Å². The number of hydrogen-bond acceptors (Lipinski definition) is 3. The van der Waals surface area contributed by atoms with Crippen LogP contribution in [0.1, 0.15) is 69.9 Å². The molecule has 1 N–H and O–H groups in total. The first-order valence-corrected chi connectivity index (χ1v) is 12.5. The van der Waals surface area contributed by atoms with E-state index >= 15 is 0 Å². The fraction of sp³-hybridized carbons (Fsp3) is 0.643. The number of aryl methyl sites for hydroxylation is 2. The van der Waals surface area contributed by atoms with Gasteiger partial charge in [-0.3, -0.25) is 9.59 Å². The van der Waals surface area contributed by atoms with E-state index in [1.54, 1.807) is 6.08 Å². The van der Waals surface area contributed by atoms with Gasteiger partial charge in [0.15, 0.2) is 0 Å². The Morgan fingerprint density at radius 2 is 1.81 bits per heavy atom. The van der Waals surface area contributed by atoms with Gasteiger partial charge in [0.2, 0.25) is 5.91 Å². The number of carbonyl (C=O) groups is 2. The van der Waals surface area contributed by atoms with E-state index < -0.39 is 0 Å². The number of fused-ring (bicyclic) bond motifs is 5.